The summed E-state index contributed by atoms with van der Waals surface area (Å²) in [6.07, 6.45) is 11.5. The zero-order valence-corrected chi connectivity index (χ0v) is 9.20. The molecular weight excluding hydrogens is 182 g/mol. The average Bonchev–Trinajstić information content (AvgIpc) is 2.22. The highest BCUT2D eigenvalue weighted by molar-refractivity contribution is 6.00. The minimum Gasteiger partial charge on any atom is -0.253 e. The zero-order valence-electron chi connectivity index (χ0n) is 9.20. The third kappa shape index (κ3) is 3.83. The molecule has 0 heterocycles. The first-order valence-corrected chi connectivity index (χ1v) is 4.98. The van der Waals surface area contributed by atoms with Gasteiger partial charge in [-0.15, -0.1) is 0 Å². The molecule has 0 fully saturated rings. The average molecular weight is 197 g/mol. The van der Waals surface area contributed by atoms with E-state index < -0.39 is 0 Å². The van der Waals surface area contributed by atoms with E-state index in [0.29, 0.717) is 0 Å². The summed E-state index contributed by atoms with van der Waals surface area (Å²) in [4.78, 5) is 4.40. The molecule has 0 saturated carbocycles. The number of nitrogens with zero attached hydrogens (tertiary/aromatic N) is 1. The molecule has 1 atom stereocenters. The van der Waals surface area contributed by atoms with E-state index in [1.165, 1.54) is 0 Å². The van der Waals surface area contributed by atoms with Gasteiger partial charge < -0.3 is 0 Å². The normalized spacial score (nSPS) is 22.3. The summed E-state index contributed by atoms with van der Waals surface area (Å²) in [6.45, 7) is 7.88. The van der Waals surface area contributed by atoms with Gasteiger partial charge in [-0.25, -0.2) is 0 Å². The van der Waals surface area contributed by atoms with Gasteiger partial charge in [0.05, 0.1) is 17.3 Å². The summed E-state index contributed by atoms with van der Waals surface area (Å²) in [6, 6.07) is 0. The van der Waals surface area contributed by atoms with E-state index in [4.69, 9.17) is 0 Å². The molecule has 0 amide bonds. The van der Waals surface area contributed by atoms with Crippen LogP contribution in [0.25, 0.3) is 0 Å². The standard InChI is InChI=1S/C14H15N/c1-4-5-6-10-13(3)15-14-11-8-7-9-12(14)2/h4-6,8,10-12H,3H2,1-2H3/b5-4-,10-6-,15-14-. The number of hydrogen-bond donors (Lipinski definition) is 0. The largest absolute Gasteiger partial charge is 0.253 e. The molecule has 15 heavy (non-hydrogen) atoms. The summed E-state index contributed by atoms with van der Waals surface area (Å²) in [7, 11) is 0. The van der Waals surface area contributed by atoms with E-state index in [1.807, 2.05) is 50.3 Å². The van der Waals surface area contributed by atoms with Gasteiger partial charge in [0.15, 0.2) is 0 Å². The monoisotopic (exact) mass is 197 g/mol. The maximum Gasteiger partial charge on any atom is 0.0600 e. The first kappa shape index (κ1) is 11.3. The van der Waals surface area contributed by atoms with Crippen LogP contribution in [0.3, 0.4) is 0 Å². The Kier molecular flexibility index (Phi) is 4.37. The van der Waals surface area contributed by atoms with E-state index in [-0.39, 0.29) is 5.92 Å². The molecule has 1 rings (SSSR count). The van der Waals surface area contributed by atoms with Gasteiger partial charge in [0.1, 0.15) is 0 Å². The van der Waals surface area contributed by atoms with Gasteiger partial charge in [-0.05, 0) is 32.1 Å². The van der Waals surface area contributed by atoms with E-state index in [2.05, 4.69) is 23.4 Å². The fourth-order valence-electron chi connectivity index (χ4n) is 1.13. The van der Waals surface area contributed by atoms with Crippen molar-refractivity contribution in [3.05, 3.63) is 48.7 Å². The highest BCUT2D eigenvalue weighted by Crippen LogP contribution is 2.07. The maximum absolute atomic E-state index is 4.40. The second-order valence-corrected chi connectivity index (χ2v) is 3.26. The third-order valence-electron chi connectivity index (χ3n) is 1.95. The molecule has 0 aromatic heterocycles. The molecule has 1 heteroatoms. The molecular formula is C14H15N. The molecule has 1 unspecified atom stereocenters. The Balaban J connectivity index is 2.69. The van der Waals surface area contributed by atoms with Gasteiger partial charge in [-0.2, -0.15) is 0 Å². The number of hydrogen-bond acceptors (Lipinski definition) is 1. The highest BCUT2D eigenvalue weighted by Gasteiger charge is 2.05. The van der Waals surface area contributed by atoms with Gasteiger partial charge >= 0.3 is 0 Å². The summed E-state index contributed by atoms with van der Waals surface area (Å²) < 4.78 is 0. The molecule has 1 aliphatic carbocycles. The van der Waals surface area contributed by atoms with Crippen LogP contribution in [0.4, 0.5) is 0 Å². The van der Waals surface area contributed by atoms with Crippen LogP contribution in [0, 0.1) is 17.8 Å². The van der Waals surface area contributed by atoms with Crippen molar-refractivity contribution in [3.8, 4) is 11.8 Å². The predicted octanol–water partition coefficient (Wildman–Crippen LogP) is 3.28. The number of aliphatic imine (C=N–C) groups is 1. The molecule has 0 saturated heterocycles. The van der Waals surface area contributed by atoms with Crippen molar-refractivity contribution in [2.24, 2.45) is 10.9 Å². The van der Waals surface area contributed by atoms with Crippen LogP contribution in [-0.2, 0) is 0 Å². The lowest BCUT2D eigenvalue weighted by Gasteiger charge is -2.06. The molecule has 0 N–H and O–H groups in total. The first-order chi connectivity index (χ1) is 7.24. The van der Waals surface area contributed by atoms with Crippen molar-refractivity contribution < 1.29 is 0 Å². The molecule has 0 radical (unpaired) electrons. The minimum absolute atomic E-state index is 0.196. The summed E-state index contributed by atoms with van der Waals surface area (Å²) >= 11 is 0. The van der Waals surface area contributed by atoms with Gasteiger partial charge in [0.2, 0.25) is 0 Å². The smallest absolute Gasteiger partial charge is 0.0600 e. The van der Waals surface area contributed by atoms with Crippen molar-refractivity contribution in [2.45, 2.75) is 13.8 Å². The number of rotatable bonds is 3. The topological polar surface area (TPSA) is 12.4 Å². The summed E-state index contributed by atoms with van der Waals surface area (Å²) in [5.74, 6) is 6.17. The number of allylic oxidation sites excluding steroid dienone is 6. The van der Waals surface area contributed by atoms with Crippen LogP contribution in [0.1, 0.15) is 13.8 Å². The Morgan fingerprint density at radius 2 is 2.33 bits per heavy atom. The molecule has 0 bridgehead atoms. The summed E-state index contributed by atoms with van der Waals surface area (Å²) in [5.41, 5.74) is 1.73. The lowest BCUT2D eigenvalue weighted by atomic mass is 10.0. The van der Waals surface area contributed by atoms with Crippen molar-refractivity contribution in [1.82, 2.24) is 0 Å². The van der Waals surface area contributed by atoms with Gasteiger partial charge in [-0.3, -0.25) is 4.99 Å². The lowest BCUT2D eigenvalue weighted by molar-refractivity contribution is 1.04. The van der Waals surface area contributed by atoms with E-state index >= 15 is 0 Å². The second kappa shape index (κ2) is 5.82. The van der Waals surface area contributed by atoms with Crippen molar-refractivity contribution in [1.29, 1.82) is 0 Å². The van der Waals surface area contributed by atoms with Gasteiger partial charge in [-0.1, -0.05) is 36.6 Å². The van der Waals surface area contributed by atoms with Crippen LogP contribution in [0.15, 0.2) is 53.7 Å². The SMILES string of the molecule is C=C(/C=C\C=C/C)/N=C1/C=CC#CC1C. The Labute approximate surface area is 91.6 Å². The van der Waals surface area contributed by atoms with Gasteiger partial charge in [0.25, 0.3) is 0 Å². The Hall–Kier alpha value is -1.81. The predicted molar refractivity (Wildman–Crippen MR) is 66.6 cm³/mol. The van der Waals surface area contributed by atoms with Crippen LogP contribution in [0.5, 0.6) is 0 Å². The zero-order chi connectivity index (χ0) is 11.1. The Bertz CT molecular complexity index is 408. The van der Waals surface area contributed by atoms with E-state index in [1.54, 1.807) is 0 Å². The third-order valence-corrected chi connectivity index (χ3v) is 1.95. The molecule has 1 nitrogen and oxygen atoms in total. The maximum atomic E-state index is 4.40. The molecule has 76 valence electrons. The second-order valence-electron chi connectivity index (χ2n) is 3.26. The quantitative estimate of drug-likeness (QED) is 0.486. The van der Waals surface area contributed by atoms with Crippen LogP contribution >= 0.6 is 0 Å². The summed E-state index contributed by atoms with van der Waals surface area (Å²) in [5, 5.41) is 0. The fraction of sp³-hybridized carbons (Fsp3) is 0.214. The van der Waals surface area contributed by atoms with E-state index in [0.717, 1.165) is 11.4 Å². The fourth-order valence-corrected chi connectivity index (χ4v) is 1.13. The first-order valence-electron chi connectivity index (χ1n) is 4.98. The molecule has 0 aromatic rings. The molecule has 0 spiro atoms. The molecule has 0 aliphatic heterocycles. The Morgan fingerprint density at radius 3 is 3.00 bits per heavy atom. The van der Waals surface area contributed by atoms with Crippen molar-refractivity contribution in [2.75, 3.05) is 0 Å². The van der Waals surface area contributed by atoms with Crippen molar-refractivity contribution >= 4 is 5.71 Å². The van der Waals surface area contributed by atoms with Crippen LogP contribution < -0.4 is 0 Å². The van der Waals surface area contributed by atoms with Gasteiger partial charge in [0, 0.05) is 0 Å². The molecule has 0 aromatic carbocycles. The Morgan fingerprint density at radius 1 is 1.53 bits per heavy atom. The highest BCUT2D eigenvalue weighted by atomic mass is 14.7. The minimum atomic E-state index is 0.196. The van der Waals surface area contributed by atoms with Crippen LogP contribution in [0.2, 0.25) is 0 Å². The van der Waals surface area contributed by atoms with Crippen LogP contribution in [-0.4, -0.2) is 5.71 Å². The molecule has 1 aliphatic rings. The lowest BCUT2D eigenvalue weighted by Crippen LogP contribution is -2.08. The van der Waals surface area contributed by atoms with E-state index in [9.17, 15) is 0 Å². The van der Waals surface area contributed by atoms with Crippen molar-refractivity contribution in [3.63, 3.8) is 0 Å².